The summed E-state index contributed by atoms with van der Waals surface area (Å²) < 4.78 is 0. The largest absolute Gasteiger partial charge is 0.316 e. The van der Waals surface area contributed by atoms with Crippen molar-refractivity contribution < 1.29 is 0 Å². The highest BCUT2D eigenvalue weighted by atomic mass is 14.9. The molecule has 1 aliphatic heterocycles. The van der Waals surface area contributed by atoms with E-state index < -0.39 is 0 Å². The van der Waals surface area contributed by atoms with Crippen molar-refractivity contribution in [3.63, 3.8) is 0 Å². The fourth-order valence-corrected chi connectivity index (χ4v) is 2.51. The standard InChI is InChI=1S/C15H24N2/c1-13-4-2-3-5-15(13)8-11-16-9-6-14-7-10-17-12-14/h2-5,14,16-17H,6-12H2,1H3. The molecule has 0 saturated carbocycles. The Bertz CT molecular complexity index is 329. The molecule has 0 bridgehead atoms. The van der Waals surface area contributed by atoms with Crippen molar-refractivity contribution in [1.29, 1.82) is 0 Å². The van der Waals surface area contributed by atoms with Crippen LogP contribution in [-0.4, -0.2) is 26.2 Å². The molecule has 2 nitrogen and oxygen atoms in total. The Morgan fingerprint density at radius 3 is 2.94 bits per heavy atom. The molecule has 17 heavy (non-hydrogen) atoms. The summed E-state index contributed by atoms with van der Waals surface area (Å²) >= 11 is 0. The Kier molecular flexibility index (Phi) is 5.02. The Balaban J connectivity index is 1.58. The molecule has 94 valence electrons. The highest BCUT2D eigenvalue weighted by Crippen LogP contribution is 2.11. The van der Waals surface area contributed by atoms with E-state index >= 15 is 0 Å². The molecule has 1 aromatic rings. The third-order valence-electron chi connectivity index (χ3n) is 3.72. The Labute approximate surface area is 105 Å². The molecule has 1 aliphatic rings. The second kappa shape index (κ2) is 6.77. The van der Waals surface area contributed by atoms with Crippen molar-refractivity contribution in [2.24, 2.45) is 5.92 Å². The summed E-state index contributed by atoms with van der Waals surface area (Å²) in [5, 5.41) is 6.98. The molecule has 0 spiro atoms. The molecular formula is C15H24N2. The summed E-state index contributed by atoms with van der Waals surface area (Å²) in [6.07, 6.45) is 3.83. The molecule has 0 aliphatic carbocycles. The van der Waals surface area contributed by atoms with Gasteiger partial charge in [-0.05, 0) is 69.4 Å². The van der Waals surface area contributed by atoms with Gasteiger partial charge in [-0.25, -0.2) is 0 Å². The normalized spacial score (nSPS) is 19.7. The van der Waals surface area contributed by atoms with Gasteiger partial charge >= 0.3 is 0 Å². The van der Waals surface area contributed by atoms with E-state index in [0.717, 1.165) is 25.4 Å². The lowest BCUT2D eigenvalue weighted by Gasteiger charge is -2.10. The van der Waals surface area contributed by atoms with Gasteiger partial charge in [-0.2, -0.15) is 0 Å². The van der Waals surface area contributed by atoms with E-state index in [1.165, 1.54) is 37.1 Å². The Hall–Kier alpha value is -0.860. The average molecular weight is 232 g/mol. The van der Waals surface area contributed by atoms with Gasteiger partial charge in [0.1, 0.15) is 0 Å². The first-order valence-electron chi connectivity index (χ1n) is 6.82. The first-order valence-corrected chi connectivity index (χ1v) is 6.82. The maximum Gasteiger partial charge on any atom is -0.000825 e. The van der Waals surface area contributed by atoms with Gasteiger partial charge in [0.25, 0.3) is 0 Å². The molecule has 2 N–H and O–H groups in total. The summed E-state index contributed by atoms with van der Waals surface area (Å²) in [6.45, 7) is 6.90. The van der Waals surface area contributed by atoms with E-state index in [1.54, 1.807) is 0 Å². The topological polar surface area (TPSA) is 24.1 Å². The Morgan fingerprint density at radius 1 is 1.29 bits per heavy atom. The number of nitrogens with one attached hydrogen (secondary N) is 2. The molecule has 1 heterocycles. The highest BCUT2D eigenvalue weighted by molar-refractivity contribution is 5.25. The van der Waals surface area contributed by atoms with E-state index in [9.17, 15) is 0 Å². The van der Waals surface area contributed by atoms with E-state index in [1.807, 2.05) is 0 Å². The quantitative estimate of drug-likeness (QED) is 0.734. The molecule has 0 aromatic heterocycles. The molecule has 1 saturated heterocycles. The van der Waals surface area contributed by atoms with Gasteiger partial charge in [0, 0.05) is 0 Å². The number of hydrogen-bond donors (Lipinski definition) is 2. The van der Waals surface area contributed by atoms with Crippen molar-refractivity contribution in [2.75, 3.05) is 26.2 Å². The number of hydrogen-bond acceptors (Lipinski definition) is 2. The van der Waals surface area contributed by atoms with Gasteiger partial charge in [-0.1, -0.05) is 24.3 Å². The van der Waals surface area contributed by atoms with Crippen LogP contribution < -0.4 is 10.6 Å². The van der Waals surface area contributed by atoms with Crippen LogP contribution in [0.25, 0.3) is 0 Å². The van der Waals surface area contributed by atoms with Gasteiger partial charge in [-0.3, -0.25) is 0 Å². The van der Waals surface area contributed by atoms with Crippen LogP contribution in [0.3, 0.4) is 0 Å². The van der Waals surface area contributed by atoms with E-state index in [4.69, 9.17) is 0 Å². The first-order chi connectivity index (χ1) is 8.36. The smallest absolute Gasteiger partial charge is 0.000825 e. The second-order valence-corrected chi connectivity index (χ2v) is 5.07. The van der Waals surface area contributed by atoms with Gasteiger partial charge in [-0.15, -0.1) is 0 Å². The SMILES string of the molecule is Cc1ccccc1CCNCCC1CCNC1. The zero-order valence-electron chi connectivity index (χ0n) is 10.8. The van der Waals surface area contributed by atoms with E-state index in [0.29, 0.717) is 0 Å². The third-order valence-corrected chi connectivity index (χ3v) is 3.72. The van der Waals surface area contributed by atoms with Crippen LogP contribution in [0.15, 0.2) is 24.3 Å². The van der Waals surface area contributed by atoms with Crippen LogP contribution in [0.2, 0.25) is 0 Å². The van der Waals surface area contributed by atoms with Crippen molar-refractivity contribution in [2.45, 2.75) is 26.2 Å². The second-order valence-electron chi connectivity index (χ2n) is 5.07. The van der Waals surface area contributed by atoms with Crippen molar-refractivity contribution >= 4 is 0 Å². The van der Waals surface area contributed by atoms with Crippen molar-refractivity contribution in [1.82, 2.24) is 10.6 Å². The molecule has 1 aromatic carbocycles. The molecule has 1 unspecified atom stereocenters. The molecule has 0 amide bonds. The van der Waals surface area contributed by atoms with Crippen molar-refractivity contribution in [3.05, 3.63) is 35.4 Å². The predicted octanol–water partition coefficient (Wildman–Crippen LogP) is 2.13. The first kappa shape index (κ1) is 12.6. The fourth-order valence-electron chi connectivity index (χ4n) is 2.51. The number of benzene rings is 1. The van der Waals surface area contributed by atoms with Crippen LogP contribution in [0.5, 0.6) is 0 Å². The number of aryl methyl sites for hydroxylation is 1. The average Bonchev–Trinajstić information content (AvgIpc) is 2.84. The van der Waals surface area contributed by atoms with Crippen LogP contribution >= 0.6 is 0 Å². The summed E-state index contributed by atoms with van der Waals surface area (Å²) in [5.74, 6) is 0.904. The van der Waals surface area contributed by atoms with Gasteiger partial charge in [0.2, 0.25) is 0 Å². The van der Waals surface area contributed by atoms with Crippen molar-refractivity contribution in [3.8, 4) is 0 Å². The minimum absolute atomic E-state index is 0.904. The molecular weight excluding hydrogens is 208 g/mol. The zero-order chi connectivity index (χ0) is 11.9. The van der Waals surface area contributed by atoms with E-state index in [-0.39, 0.29) is 0 Å². The van der Waals surface area contributed by atoms with Crippen LogP contribution in [0, 0.1) is 12.8 Å². The fraction of sp³-hybridized carbons (Fsp3) is 0.600. The van der Waals surface area contributed by atoms with Gasteiger partial charge < -0.3 is 10.6 Å². The van der Waals surface area contributed by atoms with Gasteiger partial charge in [0.05, 0.1) is 0 Å². The van der Waals surface area contributed by atoms with Gasteiger partial charge in [0.15, 0.2) is 0 Å². The van der Waals surface area contributed by atoms with Crippen LogP contribution in [0.1, 0.15) is 24.0 Å². The summed E-state index contributed by atoms with van der Waals surface area (Å²) in [5.41, 5.74) is 2.89. The molecule has 0 radical (unpaired) electrons. The minimum Gasteiger partial charge on any atom is -0.316 e. The van der Waals surface area contributed by atoms with Crippen LogP contribution in [-0.2, 0) is 6.42 Å². The maximum atomic E-state index is 3.56. The maximum absolute atomic E-state index is 3.56. The molecule has 1 fully saturated rings. The Morgan fingerprint density at radius 2 is 2.18 bits per heavy atom. The molecule has 2 rings (SSSR count). The van der Waals surface area contributed by atoms with E-state index in [2.05, 4.69) is 41.8 Å². The lowest BCUT2D eigenvalue weighted by atomic mass is 10.0. The summed E-state index contributed by atoms with van der Waals surface area (Å²) in [4.78, 5) is 0. The zero-order valence-corrected chi connectivity index (χ0v) is 10.8. The lowest BCUT2D eigenvalue weighted by molar-refractivity contribution is 0.501. The number of rotatable bonds is 6. The predicted molar refractivity (Wildman–Crippen MR) is 73.3 cm³/mol. The molecule has 2 heteroatoms. The minimum atomic E-state index is 0.904. The lowest BCUT2D eigenvalue weighted by Crippen LogP contribution is -2.21. The third kappa shape index (κ3) is 4.14. The summed E-state index contributed by atoms with van der Waals surface area (Å²) in [7, 11) is 0. The highest BCUT2D eigenvalue weighted by Gasteiger charge is 2.12. The summed E-state index contributed by atoms with van der Waals surface area (Å²) in [6, 6.07) is 8.67. The van der Waals surface area contributed by atoms with Crippen LogP contribution in [0.4, 0.5) is 0 Å². The molecule has 1 atom stereocenters. The monoisotopic (exact) mass is 232 g/mol.